The van der Waals surface area contributed by atoms with Gasteiger partial charge >= 0.3 is 0 Å². The van der Waals surface area contributed by atoms with E-state index in [9.17, 15) is 22.0 Å². The van der Waals surface area contributed by atoms with E-state index in [0.29, 0.717) is 12.0 Å². The molecule has 4 aromatic rings. The van der Waals surface area contributed by atoms with E-state index < -0.39 is 27.6 Å². The van der Waals surface area contributed by atoms with Gasteiger partial charge in [0.15, 0.2) is 0 Å². The molecule has 1 aliphatic heterocycles. The quantitative estimate of drug-likeness (QED) is 0.457. The molecule has 0 fully saturated rings. The highest BCUT2D eigenvalue weighted by atomic mass is 32.2. The normalized spacial score (nSPS) is 14.7. The molecule has 1 aromatic heterocycles. The number of nitrogens with zero attached hydrogens (tertiary/aromatic N) is 2. The van der Waals surface area contributed by atoms with E-state index in [0.717, 1.165) is 32.9 Å². The van der Waals surface area contributed by atoms with Crippen molar-refractivity contribution < 1.29 is 22.0 Å². The van der Waals surface area contributed by atoms with Crippen LogP contribution in [-0.4, -0.2) is 30.2 Å². The van der Waals surface area contributed by atoms with E-state index in [-0.39, 0.29) is 22.6 Å². The van der Waals surface area contributed by atoms with Crippen LogP contribution in [0.15, 0.2) is 77.8 Å². The van der Waals surface area contributed by atoms with Gasteiger partial charge in [0.2, 0.25) is 0 Å². The Morgan fingerprint density at radius 2 is 1.72 bits per heavy atom. The van der Waals surface area contributed by atoms with Gasteiger partial charge in [-0.2, -0.15) is 0 Å². The zero-order chi connectivity index (χ0) is 22.5. The average molecular weight is 450 g/mol. The second-order valence-corrected chi connectivity index (χ2v) is 9.29. The van der Waals surface area contributed by atoms with Gasteiger partial charge in [-0.05, 0) is 53.9 Å². The van der Waals surface area contributed by atoms with E-state index in [4.69, 9.17) is 0 Å². The first kappa shape index (κ1) is 20.3. The summed E-state index contributed by atoms with van der Waals surface area (Å²) in [6.07, 6.45) is 1.97. The van der Waals surface area contributed by atoms with E-state index in [1.807, 2.05) is 24.3 Å². The van der Waals surface area contributed by atoms with Gasteiger partial charge in [-0.3, -0.25) is 9.78 Å². The standard InChI is InChI=1S/C24H16F2N2O3S/c25-17-6-7-18(21(26)14-17)16-5-8-23-20(13-16)24(29)28(32(23,30)31)12-10-15-9-11-27-22-4-2-1-3-19(15)22/h1-9,11,13-14H,10,12H2. The fourth-order valence-electron chi connectivity index (χ4n) is 3.99. The third kappa shape index (κ3) is 3.23. The van der Waals surface area contributed by atoms with Gasteiger partial charge < -0.3 is 0 Å². The predicted octanol–water partition coefficient (Wildman–Crippen LogP) is 4.57. The summed E-state index contributed by atoms with van der Waals surface area (Å²) >= 11 is 0. The molecule has 0 spiro atoms. The zero-order valence-electron chi connectivity index (χ0n) is 16.6. The lowest BCUT2D eigenvalue weighted by molar-refractivity contribution is 0.0872. The van der Waals surface area contributed by atoms with Crippen molar-refractivity contribution in [2.24, 2.45) is 0 Å². The Morgan fingerprint density at radius 3 is 2.53 bits per heavy atom. The molecule has 8 heteroatoms. The molecule has 0 saturated carbocycles. The second-order valence-electron chi connectivity index (χ2n) is 7.45. The Labute approximate surface area is 183 Å². The minimum atomic E-state index is -4.02. The summed E-state index contributed by atoms with van der Waals surface area (Å²) in [6.45, 7) is -0.0376. The molecule has 32 heavy (non-hydrogen) atoms. The SMILES string of the molecule is O=C1c2cc(-c3ccc(F)cc3F)ccc2S(=O)(=O)N1CCc1ccnc2ccccc12. The fourth-order valence-corrected chi connectivity index (χ4v) is 5.54. The van der Waals surface area contributed by atoms with E-state index >= 15 is 0 Å². The third-order valence-corrected chi connectivity index (χ3v) is 7.41. The van der Waals surface area contributed by atoms with Gasteiger partial charge in [0.25, 0.3) is 15.9 Å². The summed E-state index contributed by atoms with van der Waals surface area (Å²) in [4.78, 5) is 17.2. The van der Waals surface area contributed by atoms with Crippen LogP contribution in [0.3, 0.4) is 0 Å². The minimum Gasteiger partial charge on any atom is -0.268 e. The molecule has 160 valence electrons. The summed E-state index contributed by atoms with van der Waals surface area (Å²) in [5.41, 5.74) is 2.03. The first-order chi connectivity index (χ1) is 15.4. The molecule has 1 aliphatic rings. The Hall–Kier alpha value is -3.65. The highest BCUT2D eigenvalue weighted by molar-refractivity contribution is 7.90. The van der Waals surface area contributed by atoms with Crippen molar-refractivity contribution in [3.05, 3.63) is 95.7 Å². The monoisotopic (exact) mass is 450 g/mol. The van der Waals surface area contributed by atoms with Gasteiger partial charge in [-0.15, -0.1) is 0 Å². The van der Waals surface area contributed by atoms with Crippen LogP contribution in [0.1, 0.15) is 15.9 Å². The topological polar surface area (TPSA) is 67.3 Å². The number of benzene rings is 3. The predicted molar refractivity (Wildman–Crippen MR) is 115 cm³/mol. The molecule has 0 saturated heterocycles. The Morgan fingerprint density at radius 1 is 0.906 bits per heavy atom. The van der Waals surface area contributed by atoms with Gasteiger partial charge in [0.05, 0.1) is 11.1 Å². The number of hydrogen-bond acceptors (Lipinski definition) is 4. The maximum atomic E-state index is 14.2. The Kier molecular flexibility index (Phi) is 4.74. The molecule has 2 heterocycles. The average Bonchev–Trinajstić information content (AvgIpc) is 2.97. The summed E-state index contributed by atoms with van der Waals surface area (Å²) in [7, 11) is -4.02. The molecule has 0 unspecified atom stereocenters. The van der Waals surface area contributed by atoms with Gasteiger partial charge in [0, 0.05) is 29.8 Å². The summed E-state index contributed by atoms with van der Waals surface area (Å²) < 4.78 is 54.3. The van der Waals surface area contributed by atoms with Crippen LogP contribution < -0.4 is 0 Å². The van der Waals surface area contributed by atoms with Gasteiger partial charge in [-0.25, -0.2) is 21.5 Å². The molecule has 1 amide bonds. The molecule has 0 radical (unpaired) electrons. The third-order valence-electron chi connectivity index (χ3n) is 5.57. The van der Waals surface area contributed by atoms with Crippen LogP contribution >= 0.6 is 0 Å². The lowest BCUT2D eigenvalue weighted by atomic mass is 10.0. The number of carbonyl (C=O) groups excluding carboxylic acids is 1. The van der Waals surface area contributed by atoms with E-state index in [1.54, 1.807) is 12.3 Å². The maximum Gasteiger partial charge on any atom is 0.269 e. The summed E-state index contributed by atoms with van der Waals surface area (Å²) in [6, 6.07) is 16.5. The van der Waals surface area contributed by atoms with Crippen molar-refractivity contribution in [2.75, 3.05) is 6.54 Å². The van der Waals surface area contributed by atoms with Crippen molar-refractivity contribution in [1.82, 2.24) is 9.29 Å². The maximum absolute atomic E-state index is 14.2. The van der Waals surface area contributed by atoms with E-state index in [2.05, 4.69) is 4.98 Å². The lowest BCUT2D eigenvalue weighted by Gasteiger charge is -2.15. The van der Waals surface area contributed by atoms with Crippen LogP contribution in [0, 0.1) is 11.6 Å². The highest BCUT2D eigenvalue weighted by Crippen LogP contribution is 2.34. The molecule has 5 rings (SSSR count). The number of fused-ring (bicyclic) bond motifs is 2. The molecule has 3 aromatic carbocycles. The van der Waals surface area contributed by atoms with Crippen LogP contribution in [-0.2, 0) is 16.4 Å². The molecular weight excluding hydrogens is 434 g/mol. The van der Waals surface area contributed by atoms with Gasteiger partial charge in [0.1, 0.15) is 16.5 Å². The second kappa shape index (κ2) is 7.49. The van der Waals surface area contributed by atoms with Crippen molar-refractivity contribution in [1.29, 1.82) is 0 Å². The summed E-state index contributed by atoms with van der Waals surface area (Å²) in [5, 5.41) is 0.894. The van der Waals surface area contributed by atoms with Crippen molar-refractivity contribution in [2.45, 2.75) is 11.3 Å². The number of carbonyl (C=O) groups is 1. The van der Waals surface area contributed by atoms with Crippen LogP contribution in [0.4, 0.5) is 8.78 Å². The van der Waals surface area contributed by atoms with Crippen molar-refractivity contribution in [3.8, 4) is 11.1 Å². The number of amides is 1. The Bertz CT molecular complexity index is 1500. The molecule has 0 bridgehead atoms. The number of hydrogen-bond donors (Lipinski definition) is 0. The van der Waals surface area contributed by atoms with E-state index in [1.165, 1.54) is 24.3 Å². The molecule has 0 atom stereocenters. The number of aromatic nitrogens is 1. The number of rotatable bonds is 4. The number of halogens is 2. The minimum absolute atomic E-state index is 0.0224. The Balaban J connectivity index is 1.47. The number of sulfonamides is 1. The molecule has 0 aliphatic carbocycles. The highest BCUT2D eigenvalue weighted by Gasteiger charge is 2.41. The number of pyridine rings is 1. The van der Waals surface area contributed by atoms with Crippen LogP contribution in [0.25, 0.3) is 22.0 Å². The molecule has 0 N–H and O–H groups in total. The van der Waals surface area contributed by atoms with Crippen molar-refractivity contribution >= 4 is 26.8 Å². The summed E-state index contributed by atoms with van der Waals surface area (Å²) in [5.74, 6) is -2.18. The first-order valence-electron chi connectivity index (χ1n) is 9.85. The van der Waals surface area contributed by atoms with Crippen LogP contribution in [0.5, 0.6) is 0 Å². The fraction of sp³-hybridized carbons (Fsp3) is 0.0833. The smallest absolute Gasteiger partial charge is 0.268 e. The van der Waals surface area contributed by atoms with Gasteiger partial charge in [-0.1, -0.05) is 24.3 Å². The molecular formula is C24H16F2N2O3S. The molecule has 5 nitrogen and oxygen atoms in total. The van der Waals surface area contributed by atoms with Crippen LogP contribution in [0.2, 0.25) is 0 Å². The first-order valence-corrected chi connectivity index (χ1v) is 11.3. The van der Waals surface area contributed by atoms with Crippen molar-refractivity contribution in [3.63, 3.8) is 0 Å². The lowest BCUT2D eigenvalue weighted by Crippen LogP contribution is -2.32. The largest absolute Gasteiger partial charge is 0.269 e. The number of para-hydroxylation sites is 1. The zero-order valence-corrected chi connectivity index (χ0v) is 17.4.